The molecule has 0 saturated heterocycles. The molecule has 0 heterocycles. The lowest BCUT2D eigenvalue weighted by Crippen LogP contribution is -2.14. The number of ether oxygens (including phenoxy) is 1. The second-order valence-electron chi connectivity index (χ2n) is 6.64. The van der Waals surface area contributed by atoms with Crippen LogP contribution < -0.4 is 0 Å². The number of rotatable bonds is 6. The van der Waals surface area contributed by atoms with Crippen molar-refractivity contribution in [3.05, 3.63) is 63.2 Å². The van der Waals surface area contributed by atoms with Crippen molar-refractivity contribution < 1.29 is 27.1 Å². The van der Waals surface area contributed by atoms with Gasteiger partial charge >= 0.3 is 5.97 Å². The predicted molar refractivity (Wildman–Crippen MR) is 103 cm³/mol. The van der Waals surface area contributed by atoms with Crippen molar-refractivity contribution in [1.82, 2.24) is 4.90 Å². The van der Waals surface area contributed by atoms with Crippen LogP contribution in [-0.2, 0) is 11.3 Å². The number of esters is 1. The summed E-state index contributed by atoms with van der Waals surface area (Å²) in [7, 11) is 1.87. The van der Waals surface area contributed by atoms with Crippen LogP contribution in [0.15, 0.2) is 17.1 Å². The summed E-state index contributed by atoms with van der Waals surface area (Å²) in [5.74, 6) is -7.05. The minimum atomic E-state index is -1.58. The second kappa shape index (κ2) is 9.07. The van der Waals surface area contributed by atoms with Crippen LogP contribution in [0.5, 0.6) is 0 Å². The van der Waals surface area contributed by atoms with Gasteiger partial charge in [-0.15, -0.1) is 0 Å². The van der Waals surface area contributed by atoms with E-state index in [0.29, 0.717) is 11.3 Å². The molecule has 2 aromatic carbocycles. The molecule has 0 amide bonds. The summed E-state index contributed by atoms with van der Waals surface area (Å²) < 4.78 is 60.1. The Bertz CT molecular complexity index is 945. The van der Waals surface area contributed by atoms with E-state index in [2.05, 4.69) is 4.99 Å². The van der Waals surface area contributed by atoms with Crippen molar-refractivity contribution in [2.24, 2.45) is 4.99 Å². The Morgan fingerprint density at radius 2 is 1.59 bits per heavy atom. The van der Waals surface area contributed by atoms with Gasteiger partial charge in [0.1, 0.15) is 6.61 Å². The van der Waals surface area contributed by atoms with Gasteiger partial charge in [0.2, 0.25) is 0 Å². The third-order valence-electron chi connectivity index (χ3n) is 4.79. The van der Waals surface area contributed by atoms with Gasteiger partial charge in [0, 0.05) is 19.2 Å². The molecule has 0 atom stereocenters. The van der Waals surface area contributed by atoms with E-state index in [1.54, 1.807) is 26.3 Å². The van der Waals surface area contributed by atoms with E-state index in [9.17, 15) is 22.4 Å². The Kier molecular flexibility index (Phi) is 7.00. The number of carbonyl (C=O) groups is 1. The molecule has 0 aliphatic carbocycles. The lowest BCUT2D eigenvalue weighted by Gasteiger charge is -2.13. The van der Waals surface area contributed by atoms with E-state index in [1.165, 1.54) is 6.07 Å². The maximum Gasteiger partial charge on any atom is 0.338 e. The van der Waals surface area contributed by atoms with E-state index in [4.69, 9.17) is 4.74 Å². The predicted octanol–water partition coefficient (Wildman–Crippen LogP) is 5.14. The summed E-state index contributed by atoms with van der Waals surface area (Å²) in [5, 5.41) is 0. The van der Waals surface area contributed by atoms with E-state index in [-0.39, 0.29) is 5.56 Å². The molecule has 8 heteroatoms. The van der Waals surface area contributed by atoms with Gasteiger partial charge in [0.05, 0.1) is 23.2 Å². The summed E-state index contributed by atoms with van der Waals surface area (Å²) >= 11 is 0. The van der Waals surface area contributed by atoms with E-state index in [0.717, 1.165) is 19.0 Å². The SMILES string of the molecule is CCN(C)/C=N/c1ccc(C(=O)OCc2c(F)c(F)c(C)c(F)c2F)c(C)c1C. The summed E-state index contributed by atoms with van der Waals surface area (Å²) in [5.41, 5.74) is 0.373. The maximum absolute atomic E-state index is 13.9. The first-order valence-corrected chi connectivity index (χ1v) is 8.93. The number of carbonyl (C=O) groups excluding carboxylic acids is 1. The normalized spacial score (nSPS) is 11.2. The monoisotopic (exact) mass is 410 g/mol. The zero-order valence-electron chi connectivity index (χ0n) is 16.9. The number of aliphatic imine (C=N–C) groups is 1. The Hall–Kier alpha value is -2.90. The molecule has 0 bridgehead atoms. The van der Waals surface area contributed by atoms with E-state index < -0.39 is 47.0 Å². The highest BCUT2D eigenvalue weighted by Crippen LogP contribution is 2.27. The van der Waals surface area contributed by atoms with Gasteiger partial charge in [-0.1, -0.05) is 0 Å². The Balaban J connectivity index is 2.25. The summed E-state index contributed by atoms with van der Waals surface area (Å²) in [6, 6.07) is 3.09. The molecule has 0 aliphatic rings. The fraction of sp³-hybridized carbons (Fsp3) is 0.333. The van der Waals surface area contributed by atoms with Gasteiger partial charge in [0.25, 0.3) is 0 Å². The minimum Gasteiger partial charge on any atom is -0.457 e. The topological polar surface area (TPSA) is 41.9 Å². The molecular weight excluding hydrogens is 388 g/mol. The zero-order chi connectivity index (χ0) is 21.9. The van der Waals surface area contributed by atoms with Gasteiger partial charge in [0.15, 0.2) is 23.3 Å². The third kappa shape index (κ3) is 4.58. The van der Waals surface area contributed by atoms with Crippen LogP contribution in [0.2, 0.25) is 0 Å². The quantitative estimate of drug-likeness (QED) is 0.218. The largest absolute Gasteiger partial charge is 0.457 e. The molecule has 0 saturated carbocycles. The van der Waals surface area contributed by atoms with Gasteiger partial charge in [-0.3, -0.25) is 0 Å². The van der Waals surface area contributed by atoms with Crippen molar-refractivity contribution in [2.75, 3.05) is 13.6 Å². The molecule has 0 aromatic heterocycles. The molecule has 0 unspecified atom stereocenters. The molecule has 0 radical (unpaired) electrons. The smallest absolute Gasteiger partial charge is 0.338 e. The first-order chi connectivity index (χ1) is 13.6. The molecule has 0 aliphatic heterocycles. The maximum atomic E-state index is 13.9. The number of halogens is 4. The number of hydrogen-bond acceptors (Lipinski definition) is 3. The minimum absolute atomic E-state index is 0.166. The standard InChI is InChI=1S/C21H22F4N2O2/c1-6-27(5)10-26-16-8-7-14(11(2)12(16)3)21(28)29-9-15-19(24)17(22)13(4)18(23)20(15)25/h7-8,10H,6,9H2,1-5H3/b26-10+. The van der Waals surface area contributed by atoms with Crippen LogP contribution >= 0.6 is 0 Å². The van der Waals surface area contributed by atoms with E-state index in [1.807, 2.05) is 18.9 Å². The van der Waals surface area contributed by atoms with Gasteiger partial charge < -0.3 is 9.64 Å². The number of hydrogen-bond donors (Lipinski definition) is 0. The van der Waals surface area contributed by atoms with Gasteiger partial charge in [-0.2, -0.15) is 0 Å². The van der Waals surface area contributed by atoms with Crippen molar-refractivity contribution >= 4 is 18.0 Å². The Morgan fingerprint density at radius 3 is 2.14 bits per heavy atom. The van der Waals surface area contributed by atoms with Crippen LogP contribution in [0, 0.1) is 44.0 Å². The van der Waals surface area contributed by atoms with Crippen LogP contribution in [0.25, 0.3) is 0 Å². The summed E-state index contributed by atoms with van der Waals surface area (Å²) in [6.45, 7) is 6.18. The Labute approximate surface area is 166 Å². The molecule has 2 aromatic rings. The molecule has 0 N–H and O–H groups in total. The second-order valence-corrected chi connectivity index (χ2v) is 6.64. The average molecular weight is 410 g/mol. The highest BCUT2D eigenvalue weighted by atomic mass is 19.2. The van der Waals surface area contributed by atoms with Crippen LogP contribution in [0.1, 0.15) is 39.5 Å². The summed E-state index contributed by atoms with van der Waals surface area (Å²) in [4.78, 5) is 18.6. The molecule has 0 spiro atoms. The molecule has 156 valence electrons. The van der Waals surface area contributed by atoms with Gasteiger partial charge in [-0.05, 0) is 51.0 Å². The van der Waals surface area contributed by atoms with E-state index >= 15 is 0 Å². The van der Waals surface area contributed by atoms with Crippen molar-refractivity contribution in [3.8, 4) is 0 Å². The number of benzene rings is 2. The Morgan fingerprint density at radius 1 is 1.00 bits per heavy atom. The lowest BCUT2D eigenvalue weighted by molar-refractivity contribution is 0.0461. The molecule has 2 rings (SSSR count). The average Bonchev–Trinajstić information content (AvgIpc) is 2.71. The molecule has 0 fully saturated rings. The fourth-order valence-electron chi connectivity index (χ4n) is 2.54. The highest BCUT2D eigenvalue weighted by Gasteiger charge is 2.24. The van der Waals surface area contributed by atoms with Crippen LogP contribution in [-0.4, -0.2) is 30.8 Å². The first-order valence-electron chi connectivity index (χ1n) is 8.93. The van der Waals surface area contributed by atoms with Crippen LogP contribution in [0.3, 0.4) is 0 Å². The molecular formula is C21H22F4N2O2. The fourth-order valence-corrected chi connectivity index (χ4v) is 2.54. The van der Waals surface area contributed by atoms with Crippen molar-refractivity contribution in [3.63, 3.8) is 0 Å². The van der Waals surface area contributed by atoms with Crippen molar-refractivity contribution in [2.45, 2.75) is 34.3 Å². The summed E-state index contributed by atoms with van der Waals surface area (Å²) in [6.07, 6.45) is 1.66. The zero-order valence-corrected chi connectivity index (χ0v) is 16.9. The van der Waals surface area contributed by atoms with Crippen LogP contribution in [0.4, 0.5) is 23.2 Å². The highest BCUT2D eigenvalue weighted by molar-refractivity contribution is 5.92. The third-order valence-corrected chi connectivity index (χ3v) is 4.79. The number of nitrogens with zero attached hydrogens (tertiary/aromatic N) is 2. The molecule has 29 heavy (non-hydrogen) atoms. The van der Waals surface area contributed by atoms with Gasteiger partial charge in [-0.25, -0.2) is 27.3 Å². The molecule has 4 nitrogen and oxygen atoms in total. The van der Waals surface area contributed by atoms with Crippen molar-refractivity contribution in [1.29, 1.82) is 0 Å². The first kappa shape index (κ1) is 22.4. The lowest BCUT2D eigenvalue weighted by atomic mass is 10.0.